The van der Waals surface area contributed by atoms with Gasteiger partial charge in [0.25, 0.3) is 21.8 Å². The number of fused-ring (bicyclic) bond motifs is 1. The molecule has 1 aliphatic rings. The molecule has 2 aromatic rings. The Balaban J connectivity index is 1.81. The predicted octanol–water partition coefficient (Wildman–Crippen LogP) is 1.55. The van der Waals surface area contributed by atoms with Gasteiger partial charge in [-0.15, -0.1) is 0 Å². The lowest BCUT2D eigenvalue weighted by molar-refractivity contribution is -0.124. The van der Waals surface area contributed by atoms with Crippen LogP contribution in [0, 0.1) is 0 Å². The molecule has 0 unspecified atom stereocenters. The van der Waals surface area contributed by atoms with Crippen LogP contribution in [0.4, 0.5) is 0 Å². The van der Waals surface area contributed by atoms with Gasteiger partial charge in [-0.1, -0.05) is 36.4 Å². The average Bonchev–Trinajstić information content (AvgIpc) is 2.82. The number of hydrogen-bond acceptors (Lipinski definition) is 5. The standard InChI is InChI=1S/C17H14N2O5S/c20-16(18-22)10-9-12-5-7-13(8-6-12)11-19-17(21)14-3-1-2-4-15(14)25(19,23)24/h1-10,22H,11H2,(H,18,20)/b10-9+. The van der Waals surface area contributed by atoms with Crippen molar-refractivity contribution in [1.82, 2.24) is 9.79 Å². The van der Waals surface area contributed by atoms with Crippen molar-refractivity contribution in [3.8, 4) is 0 Å². The number of rotatable bonds is 4. The first-order valence-electron chi connectivity index (χ1n) is 7.30. The number of nitrogens with one attached hydrogen (secondary N) is 1. The zero-order valence-corrected chi connectivity index (χ0v) is 13.7. The van der Waals surface area contributed by atoms with Crippen LogP contribution in [0.1, 0.15) is 21.5 Å². The van der Waals surface area contributed by atoms with Gasteiger partial charge in [-0.05, 0) is 29.3 Å². The fraction of sp³-hybridized carbons (Fsp3) is 0.0588. The summed E-state index contributed by atoms with van der Waals surface area (Å²) < 4.78 is 25.9. The Labute approximate surface area is 144 Å². The first-order chi connectivity index (χ1) is 11.9. The highest BCUT2D eigenvalue weighted by Gasteiger charge is 2.40. The smallest absolute Gasteiger partial charge is 0.269 e. The molecule has 7 nitrogen and oxygen atoms in total. The van der Waals surface area contributed by atoms with Crippen LogP contribution in [-0.4, -0.2) is 29.7 Å². The Morgan fingerprint density at radius 3 is 2.44 bits per heavy atom. The molecule has 2 amide bonds. The van der Waals surface area contributed by atoms with Crippen LogP contribution in [0.15, 0.2) is 59.5 Å². The van der Waals surface area contributed by atoms with Gasteiger partial charge < -0.3 is 0 Å². The second-order valence-electron chi connectivity index (χ2n) is 5.36. The number of carbonyl (C=O) groups is 2. The average molecular weight is 358 g/mol. The number of sulfonamides is 1. The van der Waals surface area contributed by atoms with E-state index >= 15 is 0 Å². The van der Waals surface area contributed by atoms with Crippen LogP contribution in [0.2, 0.25) is 0 Å². The van der Waals surface area contributed by atoms with Crippen LogP contribution in [0.3, 0.4) is 0 Å². The summed E-state index contributed by atoms with van der Waals surface area (Å²) in [6, 6.07) is 12.8. The van der Waals surface area contributed by atoms with Crippen LogP contribution < -0.4 is 5.48 Å². The molecule has 1 heterocycles. The molecule has 0 bridgehead atoms. The lowest BCUT2D eigenvalue weighted by Gasteiger charge is -2.15. The third kappa shape index (κ3) is 3.17. The van der Waals surface area contributed by atoms with Crippen LogP contribution in [0.5, 0.6) is 0 Å². The normalized spacial score (nSPS) is 15.4. The maximum absolute atomic E-state index is 12.5. The third-order valence-corrected chi connectivity index (χ3v) is 5.54. The fourth-order valence-electron chi connectivity index (χ4n) is 2.50. The minimum atomic E-state index is -3.84. The summed E-state index contributed by atoms with van der Waals surface area (Å²) in [5.74, 6) is -1.20. The Bertz CT molecular complexity index is 965. The maximum Gasteiger partial charge on any atom is 0.269 e. The van der Waals surface area contributed by atoms with Crippen molar-refractivity contribution in [2.45, 2.75) is 11.4 Å². The van der Waals surface area contributed by atoms with Crippen molar-refractivity contribution in [2.75, 3.05) is 0 Å². The SMILES string of the molecule is O=C(/C=C/c1ccc(CN2C(=O)c3ccccc3S2(=O)=O)cc1)NO. The van der Waals surface area contributed by atoms with Crippen molar-refractivity contribution >= 4 is 27.9 Å². The number of hydroxylamine groups is 1. The summed E-state index contributed by atoms with van der Waals surface area (Å²) >= 11 is 0. The zero-order valence-electron chi connectivity index (χ0n) is 12.9. The Kier molecular flexibility index (Phi) is 4.39. The number of nitrogens with zero attached hydrogens (tertiary/aromatic N) is 1. The van der Waals surface area contributed by atoms with E-state index in [4.69, 9.17) is 5.21 Å². The quantitative estimate of drug-likeness (QED) is 0.490. The maximum atomic E-state index is 12.5. The summed E-state index contributed by atoms with van der Waals surface area (Å²) in [7, 11) is -3.84. The Hall–Kier alpha value is -2.97. The molecule has 25 heavy (non-hydrogen) atoms. The minimum absolute atomic E-state index is 0.0227. The molecule has 0 aromatic heterocycles. The molecule has 0 saturated heterocycles. The molecule has 0 atom stereocenters. The van der Waals surface area contributed by atoms with Crippen molar-refractivity contribution in [3.63, 3.8) is 0 Å². The van der Waals surface area contributed by atoms with E-state index in [1.807, 2.05) is 0 Å². The molecule has 0 saturated carbocycles. The highest BCUT2D eigenvalue weighted by molar-refractivity contribution is 7.90. The summed E-state index contributed by atoms with van der Waals surface area (Å²) in [5, 5.41) is 8.42. The fourth-order valence-corrected chi connectivity index (χ4v) is 4.05. The highest BCUT2D eigenvalue weighted by atomic mass is 32.2. The molecular weight excluding hydrogens is 344 g/mol. The van der Waals surface area contributed by atoms with Crippen LogP contribution in [0.25, 0.3) is 6.08 Å². The Morgan fingerprint density at radius 1 is 1.12 bits per heavy atom. The molecule has 8 heteroatoms. The lowest BCUT2D eigenvalue weighted by Crippen LogP contribution is -2.29. The minimum Gasteiger partial charge on any atom is -0.288 e. The molecule has 128 valence electrons. The first kappa shape index (κ1) is 16.9. The lowest BCUT2D eigenvalue weighted by atomic mass is 10.1. The van der Waals surface area contributed by atoms with Gasteiger partial charge in [0.15, 0.2) is 0 Å². The van der Waals surface area contributed by atoms with Crippen LogP contribution >= 0.6 is 0 Å². The topological polar surface area (TPSA) is 104 Å². The molecule has 2 aromatic carbocycles. The Morgan fingerprint density at radius 2 is 1.80 bits per heavy atom. The van der Waals surface area contributed by atoms with Gasteiger partial charge in [-0.3, -0.25) is 14.8 Å². The first-order valence-corrected chi connectivity index (χ1v) is 8.74. The van der Waals surface area contributed by atoms with Crippen molar-refractivity contribution in [2.24, 2.45) is 0 Å². The number of benzene rings is 2. The number of hydrogen-bond donors (Lipinski definition) is 2. The molecule has 0 radical (unpaired) electrons. The van der Waals surface area contributed by atoms with Gasteiger partial charge in [0, 0.05) is 6.08 Å². The highest BCUT2D eigenvalue weighted by Crippen LogP contribution is 2.31. The molecule has 0 aliphatic carbocycles. The van der Waals surface area contributed by atoms with Crippen LogP contribution in [-0.2, 0) is 21.4 Å². The molecule has 0 fully saturated rings. The molecule has 2 N–H and O–H groups in total. The van der Waals surface area contributed by atoms with Gasteiger partial charge in [-0.25, -0.2) is 18.2 Å². The van der Waals surface area contributed by atoms with Gasteiger partial charge >= 0.3 is 0 Å². The second-order valence-corrected chi connectivity index (χ2v) is 7.19. The molecular formula is C17H14N2O5S. The van der Waals surface area contributed by atoms with E-state index in [1.54, 1.807) is 36.4 Å². The van der Waals surface area contributed by atoms with Crippen molar-refractivity contribution in [1.29, 1.82) is 0 Å². The van der Waals surface area contributed by atoms with Gasteiger partial charge in [-0.2, -0.15) is 0 Å². The predicted molar refractivity (Wildman–Crippen MR) is 88.9 cm³/mol. The number of carbonyl (C=O) groups excluding carboxylic acids is 2. The van der Waals surface area contributed by atoms with Crippen molar-refractivity contribution < 1.29 is 23.2 Å². The monoisotopic (exact) mass is 358 g/mol. The summed E-state index contributed by atoms with van der Waals surface area (Å²) in [6.45, 7) is -0.0725. The molecule has 3 rings (SSSR count). The van der Waals surface area contributed by atoms with E-state index < -0.39 is 21.8 Å². The van der Waals surface area contributed by atoms with E-state index in [0.717, 1.165) is 10.4 Å². The van der Waals surface area contributed by atoms with Crippen molar-refractivity contribution in [3.05, 3.63) is 71.3 Å². The van der Waals surface area contributed by atoms with E-state index in [1.165, 1.54) is 23.7 Å². The summed E-state index contributed by atoms with van der Waals surface area (Å²) in [5.41, 5.74) is 2.98. The largest absolute Gasteiger partial charge is 0.288 e. The molecule has 1 aliphatic heterocycles. The van der Waals surface area contributed by atoms with E-state index in [9.17, 15) is 18.0 Å². The zero-order chi connectivity index (χ0) is 18.0. The van der Waals surface area contributed by atoms with E-state index in [0.29, 0.717) is 11.1 Å². The second kappa shape index (κ2) is 6.50. The van der Waals surface area contributed by atoms with Gasteiger partial charge in [0.05, 0.1) is 12.1 Å². The summed E-state index contributed by atoms with van der Waals surface area (Å²) in [4.78, 5) is 23.3. The van der Waals surface area contributed by atoms with Gasteiger partial charge in [0.2, 0.25) is 0 Å². The van der Waals surface area contributed by atoms with Gasteiger partial charge in [0.1, 0.15) is 4.90 Å². The summed E-state index contributed by atoms with van der Waals surface area (Å²) in [6.07, 6.45) is 2.64. The molecule has 0 spiro atoms. The van der Waals surface area contributed by atoms with E-state index in [2.05, 4.69) is 0 Å². The number of amides is 2. The third-order valence-electron chi connectivity index (χ3n) is 3.76. The van der Waals surface area contributed by atoms with E-state index in [-0.39, 0.29) is 17.0 Å².